The van der Waals surface area contributed by atoms with Crippen molar-refractivity contribution in [1.82, 2.24) is 0 Å². The Hall–Kier alpha value is -0.875. The lowest BCUT2D eigenvalue weighted by atomic mass is 9.79. The number of hydrogen-bond donors (Lipinski definition) is 2. The van der Waals surface area contributed by atoms with Crippen molar-refractivity contribution in [3.63, 3.8) is 0 Å². The van der Waals surface area contributed by atoms with Gasteiger partial charge in [-0.25, -0.2) is 0 Å². The van der Waals surface area contributed by atoms with Crippen molar-refractivity contribution in [2.45, 2.75) is 12.4 Å². The summed E-state index contributed by atoms with van der Waals surface area (Å²) in [6.45, 7) is 0. The Morgan fingerprint density at radius 1 is 1.43 bits per heavy atom. The molecule has 0 bridgehead atoms. The average molecular weight is 194 g/mol. The minimum Gasteiger partial charge on any atom is -0.423 e. The fourth-order valence-electron chi connectivity index (χ4n) is 1.41. The first kappa shape index (κ1) is 9.67. The molecule has 14 heavy (non-hydrogen) atoms. The van der Waals surface area contributed by atoms with Gasteiger partial charge in [0.2, 0.25) is 0 Å². The van der Waals surface area contributed by atoms with Gasteiger partial charge < -0.3 is 19.5 Å². The second-order valence-electron chi connectivity index (χ2n) is 3.20. The Bertz CT molecular complexity index is 328. The molecule has 1 fully saturated rings. The van der Waals surface area contributed by atoms with Gasteiger partial charge in [0.05, 0.1) is 0 Å². The van der Waals surface area contributed by atoms with Crippen molar-refractivity contribution in [1.29, 1.82) is 0 Å². The van der Waals surface area contributed by atoms with E-state index < -0.39 is 7.12 Å². The van der Waals surface area contributed by atoms with Gasteiger partial charge in [0, 0.05) is 7.11 Å². The van der Waals surface area contributed by atoms with Crippen molar-refractivity contribution in [3.05, 3.63) is 29.8 Å². The molecule has 1 aliphatic heterocycles. The summed E-state index contributed by atoms with van der Waals surface area (Å²) in [5, 5.41) is 17.9. The molecule has 2 rings (SSSR count). The fraction of sp³-hybridized carbons (Fsp3) is 0.333. The third-order valence-electron chi connectivity index (χ3n) is 2.22. The molecule has 0 aliphatic carbocycles. The molecule has 4 nitrogen and oxygen atoms in total. The predicted octanol–water partition coefficient (Wildman–Crippen LogP) is -0.590. The smallest absolute Gasteiger partial charge is 0.423 e. The maximum atomic E-state index is 8.96. The molecule has 2 N–H and O–H groups in total. The first-order valence-corrected chi connectivity index (χ1v) is 4.36. The molecule has 5 heteroatoms. The SMILES string of the molecule is COC1OC1c1cccc(B(O)O)c1. The average Bonchev–Trinajstić information content (AvgIpc) is 2.97. The normalized spacial score (nSPS) is 24.8. The lowest BCUT2D eigenvalue weighted by molar-refractivity contribution is 0.0950. The molecule has 2 unspecified atom stereocenters. The Balaban J connectivity index is 2.15. The number of methoxy groups -OCH3 is 1. The zero-order valence-corrected chi connectivity index (χ0v) is 7.75. The molecule has 74 valence electrons. The molecule has 1 saturated heterocycles. The van der Waals surface area contributed by atoms with Crippen LogP contribution in [0.1, 0.15) is 11.7 Å². The highest BCUT2D eigenvalue weighted by molar-refractivity contribution is 6.58. The minimum absolute atomic E-state index is 0.0706. The van der Waals surface area contributed by atoms with Crippen LogP contribution < -0.4 is 5.46 Å². The second kappa shape index (κ2) is 3.71. The Labute approximate surface area is 82.2 Å². The predicted molar refractivity (Wildman–Crippen MR) is 50.9 cm³/mol. The van der Waals surface area contributed by atoms with Gasteiger partial charge in [0.15, 0.2) is 6.29 Å². The topological polar surface area (TPSA) is 62.2 Å². The molecule has 2 atom stereocenters. The van der Waals surface area contributed by atoms with E-state index in [4.69, 9.17) is 19.5 Å². The molecule has 0 radical (unpaired) electrons. The van der Waals surface area contributed by atoms with Crippen LogP contribution in [-0.4, -0.2) is 30.6 Å². The van der Waals surface area contributed by atoms with E-state index in [9.17, 15) is 0 Å². The molecular weight excluding hydrogens is 183 g/mol. The molecular formula is C9H11BO4. The van der Waals surface area contributed by atoms with E-state index in [0.717, 1.165) is 5.56 Å². The van der Waals surface area contributed by atoms with Crippen LogP contribution in [0.15, 0.2) is 24.3 Å². The quantitative estimate of drug-likeness (QED) is 0.498. The van der Waals surface area contributed by atoms with Gasteiger partial charge in [-0.05, 0) is 11.0 Å². The molecule has 1 aliphatic rings. The zero-order valence-electron chi connectivity index (χ0n) is 7.75. The first-order valence-electron chi connectivity index (χ1n) is 4.36. The van der Waals surface area contributed by atoms with Crippen LogP contribution in [0.3, 0.4) is 0 Å². The van der Waals surface area contributed by atoms with Gasteiger partial charge in [0.1, 0.15) is 6.10 Å². The first-order chi connectivity index (χ1) is 6.72. The third kappa shape index (κ3) is 1.81. The summed E-state index contributed by atoms with van der Waals surface area (Å²) < 4.78 is 10.2. The second-order valence-corrected chi connectivity index (χ2v) is 3.20. The number of epoxide rings is 1. The number of ether oxygens (including phenoxy) is 2. The van der Waals surface area contributed by atoms with Gasteiger partial charge in [-0.15, -0.1) is 0 Å². The lowest BCUT2D eigenvalue weighted by Crippen LogP contribution is -2.29. The Morgan fingerprint density at radius 2 is 2.21 bits per heavy atom. The van der Waals surface area contributed by atoms with Crippen LogP contribution in [0.25, 0.3) is 0 Å². The van der Waals surface area contributed by atoms with Gasteiger partial charge in [-0.1, -0.05) is 24.3 Å². The minimum atomic E-state index is -1.44. The van der Waals surface area contributed by atoms with E-state index in [1.165, 1.54) is 0 Å². The van der Waals surface area contributed by atoms with Crippen LogP contribution in [0.2, 0.25) is 0 Å². The lowest BCUT2D eigenvalue weighted by Gasteiger charge is -2.01. The summed E-state index contributed by atoms with van der Waals surface area (Å²) in [7, 11) is 0.143. The van der Waals surface area contributed by atoms with E-state index in [1.807, 2.05) is 6.07 Å². The fourth-order valence-corrected chi connectivity index (χ4v) is 1.41. The summed E-state index contributed by atoms with van der Waals surface area (Å²) in [5.41, 5.74) is 1.37. The summed E-state index contributed by atoms with van der Waals surface area (Å²) in [5.74, 6) is 0. The molecule has 0 aromatic heterocycles. The van der Waals surface area contributed by atoms with E-state index in [2.05, 4.69) is 0 Å². The standard InChI is InChI=1S/C9H11BO4/c1-13-9-8(14-9)6-3-2-4-7(5-6)10(11)12/h2-5,8-9,11-12H,1H3. The molecule has 0 saturated carbocycles. The maximum absolute atomic E-state index is 8.96. The Kier molecular flexibility index (Phi) is 2.56. The maximum Gasteiger partial charge on any atom is 0.488 e. The van der Waals surface area contributed by atoms with E-state index in [1.54, 1.807) is 25.3 Å². The summed E-state index contributed by atoms with van der Waals surface area (Å²) in [4.78, 5) is 0. The number of rotatable bonds is 3. The highest BCUT2D eigenvalue weighted by atomic mass is 16.8. The van der Waals surface area contributed by atoms with Crippen LogP contribution >= 0.6 is 0 Å². The van der Waals surface area contributed by atoms with E-state index >= 15 is 0 Å². The summed E-state index contributed by atoms with van der Waals surface area (Å²) in [6.07, 6.45) is -0.264. The number of hydrogen-bond acceptors (Lipinski definition) is 4. The molecule has 1 aromatic carbocycles. The van der Waals surface area contributed by atoms with Crippen molar-refractivity contribution < 1.29 is 19.5 Å². The zero-order chi connectivity index (χ0) is 10.1. The molecule has 0 amide bonds. The van der Waals surface area contributed by atoms with Crippen LogP contribution in [0.4, 0.5) is 0 Å². The van der Waals surface area contributed by atoms with Gasteiger partial charge >= 0.3 is 7.12 Å². The van der Waals surface area contributed by atoms with E-state index in [0.29, 0.717) is 5.46 Å². The summed E-state index contributed by atoms with van der Waals surface area (Å²) in [6, 6.07) is 6.99. The van der Waals surface area contributed by atoms with Crippen LogP contribution in [-0.2, 0) is 9.47 Å². The van der Waals surface area contributed by atoms with Crippen molar-refractivity contribution in [2.24, 2.45) is 0 Å². The van der Waals surface area contributed by atoms with Crippen molar-refractivity contribution in [2.75, 3.05) is 7.11 Å². The van der Waals surface area contributed by atoms with Crippen LogP contribution in [0.5, 0.6) is 0 Å². The summed E-state index contributed by atoms with van der Waals surface area (Å²) >= 11 is 0. The molecule has 1 heterocycles. The largest absolute Gasteiger partial charge is 0.488 e. The van der Waals surface area contributed by atoms with Gasteiger partial charge in [0.25, 0.3) is 0 Å². The highest BCUT2D eigenvalue weighted by Crippen LogP contribution is 2.38. The van der Waals surface area contributed by atoms with E-state index in [-0.39, 0.29) is 12.4 Å². The van der Waals surface area contributed by atoms with Gasteiger partial charge in [-0.2, -0.15) is 0 Å². The van der Waals surface area contributed by atoms with Crippen LogP contribution in [0, 0.1) is 0 Å². The van der Waals surface area contributed by atoms with Crippen molar-refractivity contribution >= 4 is 12.6 Å². The van der Waals surface area contributed by atoms with Crippen molar-refractivity contribution in [3.8, 4) is 0 Å². The molecule has 0 spiro atoms. The highest BCUT2D eigenvalue weighted by Gasteiger charge is 2.40. The third-order valence-corrected chi connectivity index (χ3v) is 2.22. The van der Waals surface area contributed by atoms with Gasteiger partial charge in [-0.3, -0.25) is 0 Å². The number of benzene rings is 1. The Morgan fingerprint density at radius 3 is 2.79 bits per heavy atom. The monoisotopic (exact) mass is 194 g/mol. The molecule has 1 aromatic rings.